The molecule has 1 saturated carbocycles. The first-order valence-electron chi connectivity index (χ1n) is 8.38. The smallest absolute Gasteiger partial charge is 0.309 e. The Morgan fingerprint density at radius 3 is 2.08 bits per heavy atom. The van der Waals surface area contributed by atoms with Crippen molar-refractivity contribution in [2.45, 2.75) is 35.6 Å². The Hall–Kier alpha value is -2.67. The van der Waals surface area contributed by atoms with Crippen LogP contribution >= 0.6 is 0 Å². The van der Waals surface area contributed by atoms with E-state index in [1.165, 1.54) is 0 Å². The number of hydrogen-bond donors (Lipinski definition) is 2. The van der Waals surface area contributed by atoms with Gasteiger partial charge in [0.15, 0.2) is 9.84 Å². The van der Waals surface area contributed by atoms with E-state index in [9.17, 15) is 18.0 Å². The minimum Gasteiger partial charge on any atom is -0.345 e. The van der Waals surface area contributed by atoms with E-state index < -0.39 is 26.9 Å². The lowest BCUT2D eigenvalue weighted by molar-refractivity contribution is -0.140. The Bertz CT molecular complexity index is 876. The molecule has 0 aliphatic heterocycles. The zero-order valence-electron chi connectivity index (χ0n) is 14.1. The summed E-state index contributed by atoms with van der Waals surface area (Å²) in [6, 6.07) is 17.2. The standard InChI is InChI=1S/C19H20N2O4S/c22-18(20-13-14-7-3-1-4-8-14)19(23)21-15-11-17(12-15)26(24,25)16-9-5-2-6-10-16/h1-10,15,17H,11-13H2,(H,20,22)(H,21,23). The van der Waals surface area contributed by atoms with Crippen molar-refractivity contribution < 1.29 is 18.0 Å². The molecule has 2 aromatic carbocycles. The molecule has 7 heteroatoms. The Morgan fingerprint density at radius 2 is 1.46 bits per heavy atom. The maximum atomic E-state index is 12.4. The third-order valence-corrected chi connectivity index (χ3v) is 6.63. The number of carbonyl (C=O) groups excluding carboxylic acids is 2. The summed E-state index contributed by atoms with van der Waals surface area (Å²) < 4.78 is 24.9. The number of carbonyl (C=O) groups is 2. The van der Waals surface area contributed by atoms with E-state index in [2.05, 4.69) is 10.6 Å². The summed E-state index contributed by atoms with van der Waals surface area (Å²) in [4.78, 5) is 24.1. The average molecular weight is 372 g/mol. The van der Waals surface area contributed by atoms with Gasteiger partial charge in [0.2, 0.25) is 0 Å². The monoisotopic (exact) mass is 372 g/mol. The topological polar surface area (TPSA) is 92.3 Å². The van der Waals surface area contributed by atoms with E-state index in [0.29, 0.717) is 12.8 Å². The number of hydrogen-bond acceptors (Lipinski definition) is 4. The van der Waals surface area contributed by atoms with Crippen molar-refractivity contribution in [3.8, 4) is 0 Å². The highest BCUT2D eigenvalue weighted by molar-refractivity contribution is 7.92. The van der Waals surface area contributed by atoms with Gasteiger partial charge in [-0.15, -0.1) is 0 Å². The molecule has 0 radical (unpaired) electrons. The van der Waals surface area contributed by atoms with Crippen LogP contribution in [0.5, 0.6) is 0 Å². The van der Waals surface area contributed by atoms with Crippen LogP contribution in [0.4, 0.5) is 0 Å². The molecule has 2 aromatic rings. The fraction of sp³-hybridized carbons (Fsp3) is 0.263. The van der Waals surface area contributed by atoms with E-state index >= 15 is 0 Å². The van der Waals surface area contributed by atoms with Crippen molar-refractivity contribution in [1.29, 1.82) is 0 Å². The first kappa shape index (κ1) is 18.1. The normalized spacial score (nSPS) is 19.2. The van der Waals surface area contributed by atoms with Crippen LogP contribution < -0.4 is 10.6 Å². The lowest BCUT2D eigenvalue weighted by Crippen LogP contribution is -2.52. The van der Waals surface area contributed by atoms with Crippen LogP contribution in [0.3, 0.4) is 0 Å². The highest BCUT2D eigenvalue weighted by Crippen LogP contribution is 2.31. The fourth-order valence-electron chi connectivity index (χ4n) is 2.85. The lowest BCUT2D eigenvalue weighted by atomic mass is 9.92. The van der Waals surface area contributed by atoms with E-state index in [1.807, 2.05) is 30.3 Å². The number of sulfone groups is 1. The van der Waals surface area contributed by atoms with Crippen LogP contribution in [0, 0.1) is 0 Å². The van der Waals surface area contributed by atoms with Gasteiger partial charge < -0.3 is 10.6 Å². The van der Waals surface area contributed by atoms with Crippen molar-refractivity contribution in [1.82, 2.24) is 10.6 Å². The van der Waals surface area contributed by atoms with Crippen LogP contribution in [0.25, 0.3) is 0 Å². The second kappa shape index (κ2) is 7.70. The maximum absolute atomic E-state index is 12.4. The summed E-state index contributed by atoms with van der Waals surface area (Å²) in [6.45, 7) is 0.267. The Kier molecular flexibility index (Phi) is 5.37. The molecule has 2 amide bonds. The first-order valence-corrected chi connectivity index (χ1v) is 9.93. The molecule has 0 saturated heterocycles. The molecule has 2 N–H and O–H groups in total. The average Bonchev–Trinajstić information content (AvgIpc) is 2.63. The number of nitrogens with one attached hydrogen (secondary N) is 2. The molecule has 3 rings (SSSR count). The predicted octanol–water partition coefficient (Wildman–Crippen LogP) is 1.42. The van der Waals surface area contributed by atoms with Gasteiger partial charge in [0.25, 0.3) is 0 Å². The summed E-state index contributed by atoms with van der Waals surface area (Å²) in [6.07, 6.45) is 0.629. The van der Waals surface area contributed by atoms with E-state index in [1.54, 1.807) is 30.3 Å². The molecule has 0 bridgehead atoms. The largest absolute Gasteiger partial charge is 0.345 e. The van der Waals surface area contributed by atoms with Crippen LogP contribution in [-0.2, 0) is 26.0 Å². The molecule has 0 spiro atoms. The third-order valence-electron chi connectivity index (χ3n) is 4.44. The quantitative estimate of drug-likeness (QED) is 0.777. The summed E-state index contributed by atoms with van der Waals surface area (Å²) in [7, 11) is -3.39. The van der Waals surface area contributed by atoms with Gasteiger partial charge in [-0.25, -0.2) is 8.42 Å². The van der Waals surface area contributed by atoms with Crippen molar-refractivity contribution >= 4 is 21.7 Å². The highest BCUT2D eigenvalue weighted by Gasteiger charge is 2.40. The summed E-state index contributed by atoms with van der Waals surface area (Å²) in [5.74, 6) is -1.45. The van der Waals surface area contributed by atoms with Crippen LogP contribution in [-0.4, -0.2) is 31.5 Å². The minimum atomic E-state index is -3.39. The summed E-state index contributed by atoms with van der Waals surface area (Å²) in [5.41, 5.74) is 0.895. The lowest BCUT2D eigenvalue weighted by Gasteiger charge is -2.35. The molecular weight excluding hydrogens is 352 g/mol. The van der Waals surface area contributed by atoms with Gasteiger partial charge in [0, 0.05) is 12.6 Å². The second-order valence-corrected chi connectivity index (χ2v) is 8.52. The Balaban J connectivity index is 1.46. The summed E-state index contributed by atoms with van der Waals surface area (Å²) in [5, 5.41) is 4.62. The molecule has 136 valence electrons. The fourth-order valence-corrected chi connectivity index (χ4v) is 4.74. The second-order valence-electron chi connectivity index (χ2n) is 6.29. The van der Waals surface area contributed by atoms with Crippen LogP contribution in [0.15, 0.2) is 65.6 Å². The zero-order valence-corrected chi connectivity index (χ0v) is 14.9. The number of benzene rings is 2. The molecule has 1 aliphatic rings. The maximum Gasteiger partial charge on any atom is 0.309 e. The zero-order chi connectivity index (χ0) is 18.6. The van der Waals surface area contributed by atoms with Crippen molar-refractivity contribution in [3.63, 3.8) is 0 Å². The molecule has 1 fully saturated rings. The highest BCUT2D eigenvalue weighted by atomic mass is 32.2. The van der Waals surface area contributed by atoms with Crippen molar-refractivity contribution in [3.05, 3.63) is 66.2 Å². The first-order chi connectivity index (χ1) is 12.5. The molecule has 0 atom stereocenters. The van der Waals surface area contributed by atoms with Gasteiger partial charge >= 0.3 is 11.8 Å². The SMILES string of the molecule is O=C(NCc1ccccc1)C(=O)NC1CC(S(=O)(=O)c2ccccc2)C1. The molecular formula is C19H20N2O4S. The van der Waals surface area contributed by atoms with E-state index in [4.69, 9.17) is 0 Å². The predicted molar refractivity (Wildman–Crippen MR) is 96.9 cm³/mol. The summed E-state index contributed by atoms with van der Waals surface area (Å²) >= 11 is 0. The van der Waals surface area contributed by atoms with Crippen molar-refractivity contribution in [2.75, 3.05) is 0 Å². The van der Waals surface area contributed by atoms with Gasteiger partial charge in [-0.1, -0.05) is 48.5 Å². The molecule has 0 aromatic heterocycles. The molecule has 26 heavy (non-hydrogen) atoms. The Labute approximate surface area is 152 Å². The number of amides is 2. The third kappa shape index (κ3) is 4.11. The van der Waals surface area contributed by atoms with Gasteiger partial charge in [-0.05, 0) is 30.5 Å². The van der Waals surface area contributed by atoms with Gasteiger partial charge in [0.05, 0.1) is 10.1 Å². The van der Waals surface area contributed by atoms with Gasteiger partial charge in [0.1, 0.15) is 0 Å². The molecule has 0 unspecified atom stereocenters. The van der Waals surface area contributed by atoms with Crippen molar-refractivity contribution in [2.24, 2.45) is 0 Å². The minimum absolute atomic E-state index is 0.267. The van der Waals surface area contributed by atoms with Crippen LogP contribution in [0.2, 0.25) is 0 Å². The van der Waals surface area contributed by atoms with Gasteiger partial charge in [-0.2, -0.15) is 0 Å². The van der Waals surface area contributed by atoms with E-state index in [0.717, 1.165) is 5.56 Å². The van der Waals surface area contributed by atoms with Gasteiger partial charge in [-0.3, -0.25) is 9.59 Å². The number of rotatable bonds is 5. The van der Waals surface area contributed by atoms with Crippen LogP contribution in [0.1, 0.15) is 18.4 Å². The Morgan fingerprint density at radius 1 is 0.885 bits per heavy atom. The van der Waals surface area contributed by atoms with E-state index in [-0.39, 0.29) is 17.5 Å². The molecule has 1 aliphatic carbocycles. The molecule has 6 nitrogen and oxygen atoms in total. The molecule has 0 heterocycles.